The van der Waals surface area contributed by atoms with Crippen LogP contribution in [0.25, 0.3) is 0 Å². The molecule has 2 N–H and O–H groups in total. The van der Waals surface area contributed by atoms with Gasteiger partial charge in [0, 0.05) is 45.9 Å². The summed E-state index contributed by atoms with van der Waals surface area (Å²) < 4.78 is 11.5. The molecule has 25 heavy (non-hydrogen) atoms. The van der Waals surface area contributed by atoms with E-state index in [1.54, 1.807) is 0 Å². The maximum absolute atomic E-state index is 5.87. The quantitative estimate of drug-likeness (QED) is 0.337. The van der Waals surface area contributed by atoms with Crippen molar-refractivity contribution in [3.63, 3.8) is 0 Å². The van der Waals surface area contributed by atoms with Crippen LogP contribution in [0.1, 0.15) is 41.0 Å². The first-order valence-electron chi connectivity index (χ1n) is 9.95. The second-order valence-electron chi connectivity index (χ2n) is 7.61. The zero-order valence-electron chi connectivity index (χ0n) is 17.0. The third-order valence-corrected chi connectivity index (χ3v) is 3.85. The lowest BCUT2D eigenvalue weighted by Gasteiger charge is -2.33. The molecule has 6 heteroatoms. The van der Waals surface area contributed by atoms with Gasteiger partial charge in [-0.1, -0.05) is 27.7 Å². The summed E-state index contributed by atoms with van der Waals surface area (Å²) in [7, 11) is 0. The van der Waals surface area contributed by atoms with Crippen LogP contribution in [-0.2, 0) is 9.47 Å². The molecule has 0 saturated carbocycles. The smallest absolute Gasteiger partial charge is 0.191 e. The monoisotopic (exact) mass is 356 g/mol. The molecule has 1 atom stereocenters. The van der Waals surface area contributed by atoms with E-state index in [2.05, 4.69) is 50.2 Å². The lowest BCUT2D eigenvalue weighted by atomic mass is 10.2. The molecule has 0 spiro atoms. The van der Waals surface area contributed by atoms with Crippen molar-refractivity contribution >= 4 is 5.96 Å². The summed E-state index contributed by atoms with van der Waals surface area (Å²) in [4.78, 5) is 7.19. The molecule has 1 saturated heterocycles. The molecular weight excluding hydrogens is 316 g/mol. The highest BCUT2D eigenvalue weighted by Gasteiger charge is 2.20. The molecule has 0 aromatic carbocycles. The normalized spacial score (nSPS) is 19.6. The first-order valence-corrected chi connectivity index (χ1v) is 9.95. The summed E-state index contributed by atoms with van der Waals surface area (Å²) in [5.74, 6) is 2.16. The first-order chi connectivity index (χ1) is 12.0. The SMILES string of the molecule is CCNC(=NCC1CN(CC(C)C)CCO1)NCCCOCC(C)C. The van der Waals surface area contributed by atoms with Crippen LogP contribution in [0.15, 0.2) is 4.99 Å². The van der Waals surface area contributed by atoms with Crippen LogP contribution in [0, 0.1) is 11.8 Å². The van der Waals surface area contributed by atoms with Gasteiger partial charge in [0.05, 0.1) is 19.3 Å². The van der Waals surface area contributed by atoms with Gasteiger partial charge in [-0.15, -0.1) is 0 Å². The molecule has 1 fully saturated rings. The van der Waals surface area contributed by atoms with Gasteiger partial charge in [-0.25, -0.2) is 0 Å². The average Bonchev–Trinajstić information content (AvgIpc) is 2.55. The van der Waals surface area contributed by atoms with Crippen LogP contribution in [0.5, 0.6) is 0 Å². The lowest BCUT2D eigenvalue weighted by molar-refractivity contribution is -0.0261. The predicted molar refractivity (Wildman–Crippen MR) is 105 cm³/mol. The van der Waals surface area contributed by atoms with Gasteiger partial charge in [0.25, 0.3) is 0 Å². The van der Waals surface area contributed by atoms with Gasteiger partial charge in [0.2, 0.25) is 0 Å². The minimum absolute atomic E-state index is 0.192. The molecule has 148 valence electrons. The molecule has 0 aromatic heterocycles. The summed E-state index contributed by atoms with van der Waals surface area (Å²) >= 11 is 0. The van der Waals surface area contributed by atoms with Crippen LogP contribution in [-0.4, -0.2) is 76.1 Å². The topological polar surface area (TPSA) is 58.1 Å². The van der Waals surface area contributed by atoms with E-state index in [9.17, 15) is 0 Å². The Bertz CT molecular complexity index is 361. The molecule has 1 rings (SSSR count). The van der Waals surface area contributed by atoms with Gasteiger partial charge < -0.3 is 20.1 Å². The number of hydrogen-bond donors (Lipinski definition) is 2. The number of aliphatic imine (C=N–C) groups is 1. The molecule has 1 unspecified atom stereocenters. The molecule has 6 nitrogen and oxygen atoms in total. The van der Waals surface area contributed by atoms with Crippen molar-refractivity contribution < 1.29 is 9.47 Å². The fourth-order valence-corrected chi connectivity index (χ4v) is 2.81. The van der Waals surface area contributed by atoms with Crippen molar-refractivity contribution in [2.75, 3.05) is 59.1 Å². The highest BCUT2D eigenvalue weighted by atomic mass is 16.5. The molecule has 0 radical (unpaired) electrons. The largest absolute Gasteiger partial charge is 0.381 e. The van der Waals surface area contributed by atoms with Crippen LogP contribution < -0.4 is 10.6 Å². The van der Waals surface area contributed by atoms with E-state index in [0.29, 0.717) is 18.4 Å². The molecule has 0 aliphatic carbocycles. The maximum atomic E-state index is 5.87. The van der Waals surface area contributed by atoms with E-state index in [-0.39, 0.29) is 6.10 Å². The average molecular weight is 357 g/mol. The van der Waals surface area contributed by atoms with Crippen LogP contribution in [0.2, 0.25) is 0 Å². The Balaban J connectivity index is 2.29. The van der Waals surface area contributed by atoms with E-state index in [0.717, 1.165) is 64.9 Å². The fraction of sp³-hybridized carbons (Fsp3) is 0.947. The fourth-order valence-electron chi connectivity index (χ4n) is 2.81. The summed E-state index contributed by atoms with van der Waals surface area (Å²) in [5, 5.41) is 6.69. The number of guanidine groups is 1. The van der Waals surface area contributed by atoms with Gasteiger partial charge in [0.15, 0.2) is 5.96 Å². The number of ether oxygens (including phenoxy) is 2. The van der Waals surface area contributed by atoms with Crippen molar-refractivity contribution in [3.05, 3.63) is 0 Å². The van der Waals surface area contributed by atoms with E-state index in [1.807, 2.05) is 0 Å². The molecule has 0 bridgehead atoms. The first kappa shape index (κ1) is 22.2. The lowest BCUT2D eigenvalue weighted by Crippen LogP contribution is -2.46. The van der Waals surface area contributed by atoms with Gasteiger partial charge in [0.1, 0.15) is 0 Å². The molecule has 1 aliphatic heterocycles. The highest BCUT2D eigenvalue weighted by molar-refractivity contribution is 5.79. The van der Waals surface area contributed by atoms with E-state index in [1.165, 1.54) is 0 Å². The molecule has 1 heterocycles. The molecular formula is C19H40N4O2. The molecule has 0 aromatic rings. The van der Waals surface area contributed by atoms with Gasteiger partial charge in [-0.3, -0.25) is 9.89 Å². The Hall–Kier alpha value is -0.850. The number of nitrogens with zero attached hydrogens (tertiary/aromatic N) is 2. The summed E-state index contributed by atoms with van der Waals surface area (Å²) in [5.41, 5.74) is 0. The van der Waals surface area contributed by atoms with E-state index < -0.39 is 0 Å². The third kappa shape index (κ3) is 11.4. The minimum atomic E-state index is 0.192. The van der Waals surface area contributed by atoms with Crippen molar-refractivity contribution in [2.24, 2.45) is 16.8 Å². The zero-order chi connectivity index (χ0) is 18.5. The van der Waals surface area contributed by atoms with Crippen molar-refractivity contribution in [3.8, 4) is 0 Å². The van der Waals surface area contributed by atoms with Gasteiger partial charge in [-0.2, -0.15) is 0 Å². The van der Waals surface area contributed by atoms with Gasteiger partial charge >= 0.3 is 0 Å². The van der Waals surface area contributed by atoms with E-state index >= 15 is 0 Å². The minimum Gasteiger partial charge on any atom is -0.381 e. The Morgan fingerprint density at radius 1 is 1.24 bits per heavy atom. The summed E-state index contributed by atoms with van der Waals surface area (Å²) in [6, 6.07) is 0. The second-order valence-corrected chi connectivity index (χ2v) is 7.61. The van der Waals surface area contributed by atoms with Gasteiger partial charge in [-0.05, 0) is 25.2 Å². The Morgan fingerprint density at radius 3 is 2.72 bits per heavy atom. The third-order valence-electron chi connectivity index (χ3n) is 3.85. The van der Waals surface area contributed by atoms with Crippen molar-refractivity contribution in [2.45, 2.75) is 47.1 Å². The molecule has 0 amide bonds. The number of rotatable bonds is 11. The Morgan fingerprint density at radius 2 is 2.04 bits per heavy atom. The van der Waals surface area contributed by atoms with Crippen LogP contribution >= 0.6 is 0 Å². The van der Waals surface area contributed by atoms with Crippen molar-refractivity contribution in [1.82, 2.24) is 15.5 Å². The Labute approximate surface area is 154 Å². The van der Waals surface area contributed by atoms with Crippen molar-refractivity contribution in [1.29, 1.82) is 0 Å². The molecule has 1 aliphatic rings. The standard InChI is InChI=1S/C19H40N4O2/c1-6-20-19(21-8-7-10-24-15-17(4)5)22-12-18-14-23(9-11-25-18)13-16(2)3/h16-18H,6-15H2,1-5H3,(H2,20,21,22). The van der Waals surface area contributed by atoms with E-state index in [4.69, 9.17) is 14.5 Å². The predicted octanol–water partition coefficient (Wildman–Crippen LogP) is 1.96. The van der Waals surface area contributed by atoms with Crippen LogP contribution in [0.4, 0.5) is 0 Å². The number of nitrogens with one attached hydrogen (secondary N) is 2. The second kappa shape index (κ2) is 13.4. The Kier molecular flexibility index (Phi) is 11.9. The maximum Gasteiger partial charge on any atom is 0.191 e. The highest BCUT2D eigenvalue weighted by Crippen LogP contribution is 2.08. The summed E-state index contributed by atoms with van der Waals surface area (Å²) in [6.45, 7) is 19.0. The zero-order valence-corrected chi connectivity index (χ0v) is 17.0. The number of hydrogen-bond acceptors (Lipinski definition) is 4. The summed E-state index contributed by atoms with van der Waals surface area (Å²) in [6.07, 6.45) is 1.18. The number of morpholine rings is 1. The van der Waals surface area contributed by atoms with Crippen LogP contribution in [0.3, 0.4) is 0 Å².